The molecule has 0 saturated heterocycles. The average Bonchev–Trinajstić information content (AvgIpc) is 2.33. The number of halogens is 2. The highest BCUT2D eigenvalue weighted by Crippen LogP contribution is 2.24. The molecule has 4 heteroatoms. The predicted molar refractivity (Wildman–Crippen MR) is 59.7 cm³/mol. The number of benzene rings is 1. The molecule has 0 aliphatic heterocycles. The van der Waals surface area contributed by atoms with Crippen LogP contribution in [0.1, 0.15) is 17.2 Å². The molecule has 0 aliphatic rings. The van der Waals surface area contributed by atoms with E-state index in [1.807, 2.05) is 0 Å². The fourth-order valence-electron chi connectivity index (χ4n) is 1.41. The van der Waals surface area contributed by atoms with Crippen LogP contribution in [0.25, 0.3) is 0 Å². The van der Waals surface area contributed by atoms with Crippen molar-refractivity contribution in [3.63, 3.8) is 0 Å². The summed E-state index contributed by atoms with van der Waals surface area (Å²) in [4.78, 5) is 3.89. The zero-order valence-corrected chi connectivity index (χ0v) is 9.03. The van der Waals surface area contributed by atoms with E-state index in [0.29, 0.717) is 11.1 Å². The Hall–Kier alpha value is -1.45. The molecule has 0 bridgehead atoms. The van der Waals surface area contributed by atoms with E-state index >= 15 is 0 Å². The van der Waals surface area contributed by atoms with Gasteiger partial charge >= 0.3 is 0 Å². The Labute approximate surface area is 97.3 Å². The number of hydrogen-bond donors (Lipinski definition) is 1. The van der Waals surface area contributed by atoms with Crippen LogP contribution in [0.3, 0.4) is 0 Å². The van der Waals surface area contributed by atoms with Crippen molar-refractivity contribution < 1.29 is 9.50 Å². The maximum atomic E-state index is 13.2. The van der Waals surface area contributed by atoms with Gasteiger partial charge in [0.05, 0.1) is 5.02 Å². The van der Waals surface area contributed by atoms with E-state index in [-0.39, 0.29) is 5.02 Å². The Morgan fingerprint density at radius 1 is 1.25 bits per heavy atom. The molecule has 0 amide bonds. The van der Waals surface area contributed by atoms with Crippen LogP contribution < -0.4 is 0 Å². The van der Waals surface area contributed by atoms with Crippen LogP contribution in [0.5, 0.6) is 0 Å². The average molecular weight is 238 g/mol. The molecule has 2 aromatic rings. The van der Waals surface area contributed by atoms with Gasteiger partial charge in [-0.25, -0.2) is 4.39 Å². The van der Waals surface area contributed by atoms with Crippen molar-refractivity contribution in [3.05, 3.63) is 64.7 Å². The third-order valence-electron chi connectivity index (χ3n) is 2.26. The largest absolute Gasteiger partial charge is 0.384 e. The monoisotopic (exact) mass is 237 g/mol. The highest BCUT2D eigenvalue weighted by atomic mass is 35.5. The van der Waals surface area contributed by atoms with Gasteiger partial charge in [0, 0.05) is 18.0 Å². The molecular weight excluding hydrogens is 229 g/mol. The first kappa shape index (κ1) is 11.0. The summed E-state index contributed by atoms with van der Waals surface area (Å²) in [5.41, 5.74) is 1.07. The minimum atomic E-state index is -0.888. The van der Waals surface area contributed by atoms with Crippen molar-refractivity contribution in [1.82, 2.24) is 4.98 Å². The second-order valence-electron chi connectivity index (χ2n) is 3.36. The van der Waals surface area contributed by atoms with Crippen molar-refractivity contribution in [2.75, 3.05) is 0 Å². The second-order valence-corrected chi connectivity index (χ2v) is 3.77. The molecule has 0 fully saturated rings. The summed E-state index contributed by atoms with van der Waals surface area (Å²) in [5, 5.41) is 10.0. The summed E-state index contributed by atoms with van der Waals surface area (Å²) >= 11 is 5.56. The quantitative estimate of drug-likeness (QED) is 0.871. The van der Waals surface area contributed by atoms with Gasteiger partial charge < -0.3 is 5.11 Å². The molecule has 0 aliphatic carbocycles. The number of hydrogen-bond acceptors (Lipinski definition) is 2. The summed E-state index contributed by atoms with van der Waals surface area (Å²) in [6.07, 6.45) is 2.26. The molecule has 1 aromatic carbocycles. The Morgan fingerprint density at radius 3 is 2.69 bits per heavy atom. The predicted octanol–water partition coefficient (Wildman–Crippen LogP) is 2.96. The number of pyridine rings is 1. The zero-order chi connectivity index (χ0) is 11.5. The Kier molecular flexibility index (Phi) is 3.17. The summed E-state index contributed by atoms with van der Waals surface area (Å²) in [7, 11) is 0. The van der Waals surface area contributed by atoms with Gasteiger partial charge in [-0.1, -0.05) is 23.7 Å². The van der Waals surface area contributed by atoms with Crippen molar-refractivity contribution in [1.29, 1.82) is 0 Å². The van der Waals surface area contributed by atoms with Gasteiger partial charge in [0.1, 0.15) is 11.9 Å². The minimum Gasteiger partial charge on any atom is -0.384 e. The standard InChI is InChI=1S/C12H9ClFNO/c13-10-4-3-8(6-11(10)14)12(16)9-2-1-5-15-7-9/h1-7,12,16H. The highest BCUT2D eigenvalue weighted by molar-refractivity contribution is 6.30. The van der Waals surface area contributed by atoms with Gasteiger partial charge in [-0.05, 0) is 23.8 Å². The van der Waals surface area contributed by atoms with E-state index in [4.69, 9.17) is 11.6 Å². The molecule has 82 valence electrons. The van der Waals surface area contributed by atoms with Gasteiger partial charge in [-0.15, -0.1) is 0 Å². The lowest BCUT2D eigenvalue weighted by molar-refractivity contribution is 0.219. The fourth-order valence-corrected chi connectivity index (χ4v) is 1.53. The summed E-state index contributed by atoms with van der Waals surface area (Å²) in [6.45, 7) is 0. The number of aromatic nitrogens is 1. The van der Waals surface area contributed by atoms with Crippen LogP contribution in [0.15, 0.2) is 42.7 Å². The van der Waals surface area contributed by atoms with Crippen LogP contribution in [0.4, 0.5) is 4.39 Å². The van der Waals surface area contributed by atoms with Crippen LogP contribution in [0, 0.1) is 5.82 Å². The van der Waals surface area contributed by atoms with Gasteiger partial charge in [0.25, 0.3) is 0 Å². The molecular formula is C12H9ClFNO. The first-order valence-corrected chi connectivity index (χ1v) is 5.09. The Bertz CT molecular complexity index is 490. The summed E-state index contributed by atoms with van der Waals surface area (Å²) < 4.78 is 13.2. The molecule has 1 heterocycles. The zero-order valence-electron chi connectivity index (χ0n) is 8.27. The third kappa shape index (κ3) is 2.21. The Balaban J connectivity index is 2.34. The fraction of sp³-hybridized carbons (Fsp3) is 0.0833. The van der Waals surface area contributed by atoms with Crippen molar-refractivity contribution >= 4 is 11.6 Å². The first-order valence-electron chi connectivity index (χ1n) is 4.71. The minimum absolute atomic E-state index is 0.0436. The van der Waals surface area contributed by atoms with Gasteiger partial charge in [0.15, 0.2) is 0 Å². The molecule has 1 N–H and O–H groups in total. The maximum Gasteiger partial charge on any atom is 0.142 e. The summed E-state index contributed by atoms with van der Waals surface area (Å²) in [5.74, 6) is -0.540. The van der Waals surface area contributed by atoms with Crippen LogP contribution >= 0.6 is 11.6 Å². The topological polar surface area (TPSA) is 33.1 Å². The SMILES string of the molecule is OC(c1cccnc1)c1ccc(Cl)c(F)c1. The Morgan fingerprint density at radius 2 is 2.06 bits per heavy atom. The summed E-state index contributed by atoms with van der Waals surface area (Å²) in [6, 6.07) is 7.67. The van der Waals surface area contributed by atoms with Gasteiger partial charge in [-0.3, -0.25) is 4.98 Å². The second kappa shape index (κ2) is 4.60. The lowest BCUT2D eigenvalue weighted by atomic mass is 10.0. The van der Waals surface area contributed by atoms with E-state index in [9.17, 15) is 9.50 Å². The van der Waals surface area contributed by atoms with E-state index in [0.717, 1.165) is 0 Å². The third-order valence-corrected chi connectivity index (χ3v) is 2.57. The molecule has 16 heavy (non-hydrogen) atoms. The lowest BCUT2D eigenvalue weighted by Gasteiger charge is -2.11. The first-order chi connectivity index (χ1) is 7.68. The van der Waals surface area contributed by atoms with Crippen molar-refractivity contribution in [2.45, 2.75) is 6.10 Å². The van der Waals surface area contributed by atoms with Crippen molar-refractivity contribution in [2.24, 2.45) is 0 Å². The van der Waals surface area contributed by atoms with Gasteiger partial charge in [-0.2, -0.15) is 0 Å². The van der Waals surface area contributed by atoms with Crippen LogP contribution in [0.2, 0.25) is 5.02 Å². The smallest absolute Gasteiger partial charge is 0.142 e. The molecule has 0 radical (unpaired) electrons. The van der Waals surface area contributed by atoms with Crippen molar-refractivity contribution in [3.8, 4) is 0 Å². The lowest BCUT2D eigenvalue weighted by Crippen LogP contribution is -2.00. The maximum absolute atomic E-state index is 13.2. The molecule has 2 nitrogen and oxygen atoms in total. The highest BCUT2D eigenvalue weighted by Gasteiger charge is 2.12. The molecule has 1 aromatic heterocycles. The number of nitrogens with zero attached hydrogens (tertiary/aromatic N) is 1. The van der Waals surface area contributed by atoms with Gasteiger partial charge in [0.2, 0.25) is 0 Å². The van der Waals surface area contributed by atoms with Crippen LogP contribution in [-0.2, 0) is 0 Å². The molecule has 2 rings (SSSR count). The normalized spacial score (nSPS) is 12.4. The number of rotatable bonds is 2. The van der Waals surface area contributed by atoms with E-state index in [2.05, 4.69) is 4.98 Å². The van der Waals surface area contributed by atoms with E-state index in [1.54, 1.807) is 24.4 Å². The molecule has 1 atom stereocenters. The number of aliphatic hydroxyl groups excluding tert-OH is 1. The molecule has 0 spiro atoms. The molecule has 0 saturated carbocycles. The molecule has 1 unspecified atom stereocenters. The van der Waals surface area contributed by atoms with Crippen LogP contribution in [-0.4, -0.2) is 10.1 Å². The number of aliphatic hydroxyl groups is 1. The van der Waals surface area contributed by atoms with E-state index in [1.165, 1.54) is 18.3 Å². The van der Waals surface area contributed by atoms with E-state index < -0.39 is 11.9 Å².